The lowest BCUT2D eigenvalue weighted by atomic mass is 10.4. The van der Waals surface area contributed by atoms with Crippen LogP contribution in [0.3, 0.4) is 0 Å². The summed E-state index contributed by atoms with van der Waals surface area (Å²) in [4.78, 5) is 0. The standard InChI is InChI=1S/C6H8NO2/c1-5-3-6(4-8-2)7-9-5/h4H2,1-2H3. The van der Waals surface area contributed by atoms with Crippen molar-refractivity contribution in [2.24, 2.45) is 0 Å². The minimum Gasteiger partial charge on any atom is -0.378 e. The SMILES string of the molecule is COCc1[c]c(C)on1. The van der Waals surface area contributed by atoms with Crippen molar-refractivity contribution in [2.75, 3.05) is 7.11 Å². The average molecular weight is 126 g/mol. The number of hydrogen-bond donors (Lipinski definition) is 0. The molecule has 0 spiro atoms. The Morgan fingerprint density at radius 1 is 1.78 bits per heavy atom. The normalized spacial score (nSPS) is 10.0. The molecule has 9 heavy (non-hydrogen) atoms. The molecule has 0 fully saturated rings. The Balaban J connectivity index is 2.61. The molecule has 1 rings (SSSR count). The highest BCUT2D eigenvalue weighted by Gasteiger charge is 1.97. The van der Waals surface area contributed by atoms with Crippen LogP contribution < -0.4 is 0 Å². The Hall–Kier alpha value is -0.830. The van der Waals surface area contributed by atoms with Crippen molar-refractivity contribution in [3.63, 3.8) is 0 Å². The molecule has 1 heterocycles. The van der Waals surface area contributed by atoms with E-state index >= 15 is 0 Å². The van der Waals surface area contributed by atoms with Gasteiger partial charge in [0.25, 0.3) is 0 Å². The van der Waals surface area contributed by atoms with Gasteiger partial charge in [-0.15, -0.1) is 0 Å². The van der Waals surface area contributed by atoms with Crippen molar-refractivity contribution in [3.05, 3.63) is 17.5 Å². The van der Waals surface area contributed by atoms with Gasteiger partial charge in [-0.05, 0) is 6.92 Å². The van der Waals surface area contributed by atoms with Crippen molar-refractivity contribution >= 4 is 0 Å². The van der Waals surface area contributed by atoms with Gasteiger partial charge < -0.3 is 9.26 Å². The highest BCUT2D eigenvalue weighted by Crippen LogP contribution is 1.99. The van der Waals surface area contributed by atoms with E-state index < -0.39 is 0 Å². The molecular formula is C6H8NO2. The molecule has 1 aromatic rings. The third-order valence-corrected chi connectivity index (χ3v) is 0.894. The van der Waals surface area contributed by atoms with Crippen LogP contribution >= 0.6 is 0 Å². The highest BCUT2D eigenvalue weighted by molar-refractivity contribution is 4.98. The maximum Gasteiger partial charge on any atom is 0.142 e. The molecular weight excluding hydrogens is 118 g/mol. The van der Waals surface area contributed by atoms with Gasteiger partial charge >= 0.3 is 0 Å². The molecule has 1 radical (unpaired) electrons. The first-order chi connectivity index (χ1) is 4.33. The maximum absolute atomic E-state index is 4.79. The lowest BCUT2D eigenvalue weighted by molar-refractivity contribution is 0.177. The van der Waals surface area contributed by atoms with E-state index in [2.05, 4.69) is 11.2 Å². The van der Waals surface area contributed by atoms with Crippen LogP contribution in [0, 0.1) is 13.0 Å². The van der Waals surface area contributed by atoms with Gasteiger partial charge in [0.15, 0.2) is 0 Å². The molecule has 0 aliphatic heterocycles. The van der Waals surface area contributed by atoms with Crippen molar-refractivity contribution in [1.29, 1.82) is 0 Å². The van der Waals surface area contributed by atoms with Crippen LogP contribution in [0.5, 0.6) is 0 Å². The molecule has 3 nitrogen and oxygen atoms in total. The molecule has 0 amide bonds. The second kappa shape index (κ2) is 2.64. The number of rotatable bonds is 2. The predicted octanol–water partition coefficient (Wildman–Crippen LogP) is 0.930. The van der Waals surface area contributed by atoms with E-state index in [-0.39, 0.29) is 0 Å². The average Bonchev–Trinajstić information content (AvgIpc) is 2.17. The largest absolute Gasteiger partial charge is 0.378 e. The van der Waals surface area contributed by atoms with E-state index in [1.165, 1.54) is 0 Å². The number of methoxy groups -OCH3 is 1. The smallest absolute Gasteiger partial charge is 0.142 e. The zero-order valence-corrected chi connectivity index (χ0v) is 5.47. The summed E-state index contributed by atoms with van der Waals surface area (Å²) in [7, 11) is 1.61. The Kier molecular flexibility index (Phi) is 1.85. The molecule has 0 atom stereocenters. The summed E-state index contributed by atoms with van der Waals surface area (Å²) in [6.07, 6.45) is 0. The second-order valence-electron chi connectivity index (χ2n) is 1.74. The number of aryl methyl sites for hydroxylation is 1. The van der Waals surface area contributed by atoms with Gasteiger partial charge in [0.1, 0.15) is 11.5 Å². The van der Waals surface area contributed by atoms with Gasteiger partial charge in [0, 0.05) is 7.11 Å². The predicted molar refractivity (Wildman–Crippen MR) is 30.8 cm³/mol. The van der Waals surface area contributed by atoms with E-state index in [0.717, 1.165) is 5.69 Å². The second-order valence-corrected chi connectivity index (χ2v) is 1.74. The summed E-state index contributed by atoms with van der Waals surface area (Å²) in [6.45, 7) is 2.27. The summed E-state index contributed by atoms with van der Waals surface area (Å²) in [5, 5.41) is 3.65. The number of ether oxygens (including phenoxy) is 1. The van der Waals surface area contributed by atoms with Crippen molar-refractivity contribution in [3.8, 4) is 0 Å². The molecule has 0 aliphatic carbocycles. The zero-order chi connectivity index (χ0) is 6.69. The molecule has 0 unspecified atom stereocenters. The third kappa shape index (κ3) is 1.54. The molecule has 3 heteroatoms. The lowest BCUT2D eigenvalue weighted by Gasteiger charge is -1.86. The molecule has 0 bridgehead atoms. The fourth-order valence-corrected chi connectivity index (χ4v) is 0.572. The molecule has 0 N–H and O–H groups in total. The van der Waals surface area contributed by atoms with E-state index in [0.29, 0.717) is 12.4 Å². The van der Waals surface area contributed by atoms with E-state index in [4.69, 9.17) is 9.26 Å². The summed E-state index contributed by atoms with van der Waals surface area (Å²) in [5.41, 5.74) is 0.718. The fraction of sp³-hybridized carbons (Fsp3) is 0.500. The zero-order valence-electron chi connectivity index (χ0n) is 5.47. The first-order valence-electron chi connectivity index (χ1n) is 2.66. The van der Waals surface area contributed by atoms with Gasteiger partial charge in [-0.2, -0.15) is 0 Å². The van der Waals surface area contributed by atoms with Gasteiger partial charge in [0.2, 0.25) is 0 Å². The van der Waals surface area contributed by atoms with Crippen LogP contribution in [0.15, 0.2) is 4.52 Å². The van der Waals surface area contributed by atoms with Crippen LogP contribution in [0.25, 0.3) is 0 Å². The van der Waals surface area contributed by atoms with E-state index in [1.807, 2.05) is 0 Å². The van der Waals surface area contributed by atoms with Gasteiger partial charge in [0.05, 0.1) is 12.7 Å². The summed E-state index contributed by atoms with van der Waals surface area (Å²) >= 11 is 0. The van der Waals surface area contributed by atoms with Crippen LogP contribution in [0.2, 0.25) is 0 Å². The van der Waals surface area contributed by atoms with Gasteiger partial charge in [-0.1, -0.05) is 5.16 Å². The quantitative estimate of drug-likeness (QED) is 0.591. The monoisotopic (exact) mass is 126 g/mol. The fourth-order valence-electron chi connectivity index (χ4n) is 0.572. The first-order valence-corrected chi connectivity index (χ1v) is 2.66. The molecule has 0 saturated carbocycles. The van der Waals surface area contributed by atoms with Gasteiger partial charge in [-0.25, -0.2) is 0 Å². The topological polar surface area (TPSA) is 35.3 Å². The van der Waals surface area contributed by atoms with Crippen LogP contribution in [-0.4, -0.2) is 12.3 Å². The van der Waals surface area contributed by atoms with Crippen LogP contribution in [0.4, 0.5) is 0 Å². The van der Waals surface area contributed by atoms with Crippen LogP contribution in [0.1, 0.15) is 11.5 Å². The van der Waals surface area contributed by atoms with E-state index in [9.17, 15) is 0 Å². The minimum atomic E-state index is 0.470. The number of nitrogens with zero attached hydrogens (tertiary/aromatic N) is 1. The molecule has 0 saturated heterocycles. The van der Waals surface area contributed by atoms with Crippen molar-refractivity contribution in [2.45, 2.75) is 13.5 Å². The van der Waals surface area contributed by atoms with Gasteiger partial charge in [-0.3, -0.25) is 0 Å². The maximum atomic E-state index is 4.79. The molecule has 1 aromatic heterocycles. The minimum absolute atomic E-state index is 0.470. The van der Waals surface area contributed by atoms with Crippen LogP contribution in [-0.2, 0) is 11.3 Å². The summed E-state index contributed by atoms with van der Waals surface area (Å²) < 4.78 is 9.52. The highest BCUT2D eigenvalue weighted by atomic mass is 16.5. The Morgan fingerprint density at radius 2 is 2.56 bits per heavy atom. The molecule has 0 aromatic carbocycles. The lowest BCUT2D eigenvalue weighted by Crippen LogP contribution is -1.85. The number of aromatic nitrogens is 1. The van der Waals surface area contributed by atoms with Crippen molar-refractivity contribution in [1.82, 2.24) is 5.16 Å². The number of hydrogen-bond acceptors (Lipinski definition) is 3. The summed E-state index contributed by atoms with van der Waals surface area (Å²) in [6, 6.07) is 2.87. The van der Waals surface area contributed by atoms with Crippen molar-refractivity contribution < 1.29 is 9.26 Å². The Morgan fingerprint density at radius 3 is 3.00 bits per heavy atom. The summed E-state index contributed by atoms with van der Waals surface area (Å²) in [5.74, 6) is 0.696. The first kappa shape index (κ1) is 6.29. The third-order valence-electron chi connectivity index (χ3n) is 0.894. The Labute approximate surface area is 53.6 Å². The molecule has 49 valence electrons. The molecule has 0 aliphatic rings. The van der Waals surface area contributed by atoms with E-state index in [1.54, 1.807) is 14.0 Å². The Bertz CT molecular complexity index is 183.